The van der Waals surface area contributed by atoms with Gasteiger partial charge in [-0.3, -0.25) is 9.00 Å². The van der Waals surface area contributed by atoms with E-state index in [1.807, 2.05) is 45.9 Å². The van der Waals surface area contributed by atoms with Crippen LogP contribution in [-0.4, -0.2) is 21.0 Å². The van der Waals surface area contributed by atoms with Crippen LogP contribution in [0.5, 0.6) is 0 Å². The zero-order valence-electron chi connectivity index (χ0n) is 10.2. The van der Waals surface area contributed by atoms with Gasteiger partial charge in [-0.25, -0.2) is 0 Å². The van der Waals surface area contributed by atoms with E-state index in [0.29, 0.717) is 5.56 Å². The van der Waals surface area contributed by atoms with E-state index < -0.39 is 10.8 Å². The van der Waals surface area contributed by atoms with Crippen molar-refractivity contribution >= 4 is 16.6 Å². The van der Waals surface area contributed by atoms with Gasteiger partial charge < -0.3 is 0 Å². The van der Waals surface area contributed by atoms with Gasteiger partial charge in [0.25, 0.3) is 0 Å². The molecule has 1 aromatic carbocycles. The van der Waals surface area contributed by atoms with E-state index in [0.717, 1.165) is 11.1 Å². The summed E-state index contributed by atoms with van der Waals surface area (Å²) in [6, 6.07) is 5.72. The molecule has 0 fully saturated rings. The second kappa shape index (κ2) is 5.39. The quantitative estimate of drug-likeness (QED) is 0.756. The molecule has 0 aliphatic rings. The Hall–Kier alpha value is -0.960. The van der Waals surface area contributed by atoms with Crippen molar-refractivity contribution < 1.29 is 9.00 Å². The van der Waals surface area contributed by atoms with Crippen molar-refractivity contribution in [1.82, 2.24) is 0 Å². The molecule has 1 rings (SSSR count). The Morgan fingerprint density at radius 3 is 2.44 bits per heavy atom. The van der Waals surface area contributed by atoms with Gasteiger partial charge in [0.15, 0.2) is 5.78 Å². The normalized spacial score (nSPS) is 12.8. The van der Waals surface area contributed by atoms with Crippen LogP contribution in [0.1, 0.15) is 35.3 Å². The fourth-order valence-corrected chi connectivity index (χ4v) is 2.25. The first-order valence-electron chi connectivity index (χ1n) is 5.39. The summed E-state index contributed by atoms with van der Waals surface area (Å²) in [4.78, 5) is 11.9. The molecule has 0 amide bonds. The summed E-state index contributed by atoms with van der Waals surface area (Å²) in [5.41, 5.74) is 2.80. The smallest absolute Gasteiger partial charge is 0.175 e. The Bertz CT molecular complexity index is 422. The summed E-state index contributed by atoms with van der Waals surface area (Å²) in [6.07, 6.45) is 0. The molecular formula is C13H18O2S. The van der Waals surface area contributed by atoms with E-state index >= 15 is 0 Å². The highest BCUT2D eigenvalue weighted by atomic mass is 32.2. The van der Waals surface area contributed by atoms with Gasteiger partial charge in [-0.05, 0) is 19.4 Å². The second-order valence-corrected chi connectivity index (χ2v) is 6.31. The SMILES string of the molecule is Cc1ccc(C(=O)CS(=O)C(C)C)c(C)c1. The van der Waals surface area contributed by atoms with Crippen LogP contribution in [0.3, 0.4) is 0 Å². The van der Waals surface area contributed by atoms with Gasteiger partial charge in [0, 0.05) is 21.6 Å². The van der Waals surface area contributed by atoms with Crippen LogP contribution in [0.4, 0.5) is 0 Å². The van der Waals surface area contributed by atoms with Crippen molar-refractivity contribution in [3.05, 3.63) is 34.9 Å². The lowest BCUT2D eigenvalue weighted by Gasteiger charge is -2.07. The van der Waals surface area contributed by atoms with Gasteiger partial charge in [-0.2, -0.15) is 0 Å². The third-order valence-corrected chi connectivity index (χ3v) is 4.08. The monoisotopic (exact) mass is 238 g/mol. The number of carbonyl (C=O) groups is 1. The van der Waals surface area contributed by atoms with Crippen molar-refractivity contribution in [2.45, 2.75) is 32.9 Å². The summed E-state index contributed by atoms with van der Waals surface area (Å²) in [7, 11) is -1.07. The van der Waals surface area contributed by atoms with E-state index in [1.165, 1.54) is 0 Å². The van der Waals surface area contributed by atoms with Crippen LogP contribution in [0, 0.1) is 13.8 Å². The van der Waals surface area contributed by atoms with E-state index in [4.69, 9.17) is 0 Å². The van der Waals surface area contributed by atoms with Crippen LogP contribution in [0.2, 0.25) is 0 Å². The number of benzene rings is 1. The topological polar surface area (TPSA) is 34.1 Å². The summed E-state index contributed by atoms with van der Waals surface area (Å²) in [5.74, 6) is 0.103. The molecule has 0 radical (unpaired) electrons. The fraction of sp³-hybridized carbons (Fsp3) is 0.462. The molecule has 0 aliphatic heterocycles. The van der Waals surface area contributed by atoms with E-state index in [9.17, 15) is 9.00 Å². The molecule has 2 nitrogen and oxygen atoms in total. The first kappa shape index (κ1) is 13.1. The number of ketones is 1. The summed E-state index contributed by atoms with van der Waals surface area (Å²) >= 11 is 0. The minimum absolute atomic E-state index is 0.0236. The van der Waals surface area contributed by atoms with Gasteiger partial charge in [0.05, 0.1) is 5.75 Å². The molecule has 0 bridgehead atoms. The number of hydrogen-bond acceptors (Lipinski definition) is 2. The van der Waals surface area contributed by atoms with E-state index in [1.54, 1.807) is 0 Å². The minimum atomic E-state index is -1.07. The largest absolute Gasteiger partial charge is 0.293 e. The lowest BCUT2D eigenvalue weighted by Crippen LogP contribution is -2.18. The van der Waals surface area contributed by atoms with Crippen LogP contribution < -0.4 is 0 Å². The first-order chi connectivity index (χ1) is 7.41. The summed E-state index contributed by atoms with van der Waals surface area (Å²) < 4.78 is 11.6. The highest BCUT2D eigenvalue weighted by molar-refractivity contribution is 7.86. The molecule has 0 aliphatic carbocycles. The van der Waals surface area contributed by atoms with Gasteiger partial charge in [0.1, 0.15) is 0 Å². The van der Waals surface area contributed by atoms with Crippen molar-refractivity contribution in [3.63, 3.8) is 0 Å². The van der Waals surface area contributed by atoms with Crippen LogP contribution >= 0.6 is 0 Å². The lowest BCUT2D eigenvalue weighted by atomic mass is 10.0. The number of rotatable bonds is 4. The molecule has 3 heteroatoms. The molecule has 0 heterocycles. The summed E-state index contributed by atoms with van der Waals surface area (Å²) in [5, 5.41) is 0.0368. The zero-order valence-corrected chi connectivity index (χ0v) is 11.1. The van der Waals surface area contributed by atoms with Crippen LogP contribution in [0.25, 0.3) is 0 Å². The van der Waals surface area contributed by atoms with Gasteiger partial charge >= 0.3 is 0 Å². The highest BCUT2D eigenvalue weighted by Crippen LogP contribution is 2.12. The predicted molar refractivity (Wildman–Crippen MR) is 68.4 cm³/mol. The molecule has 16 heavy (non-hydrogen) atoms. The molecular weight excluding hydrogens is 220 g/mol. The third kappa shape index (κ3) is 3.27. The molecule has 0 N–H and O–H groups in total. The maximum absolute atomic E-state index is 11.9. The van der Waals surface area contributed by atoms with Gasteiger partial charge in [-0.15, -0.1) is 0 Å². The second-order valence-electron chi connectivity index (χ2n) is 4.32. The maximum Gasteiger partial charge on any atom is 0.175 e. The molecule has 0 aromatic heterocycles. The first-order valence-corrected chi connectivity index (χ1v) is 6.77. The molecule has 88 valence electrons. The average Bonchev–Trinajstić information content (AvgIpc) is 2.16. The third-order valence-electron chi connectivity index (χ3n) is 2.48. The Morgan fingerprint density at radius 2 is 1.94 bits per heavy atom. The Morgan fingerprint density at radius 1 is 1.31 bits per heavy atom. The molecule has 1 unspecified atom stereocenters. The minimum Gasteiger partial charge on any atom is -0.293 e. The molecule has 0 saturated carbocycles. The molecule has 1 atom stereocenters. The Balaban J connectivity index is 2.85. The Labute approximate surface area is 99.5 Å². The van der Waals surface area contributed by atoms with Gasteiger partial charge in [-0.1, -0.05) is 37.6 Å². The number of carbonyl (C=O) groups excluding carboxylic acids is 1. The zero-order chi connectivity index (χ0) is 12.3. The van der Waals surface area contributed by atoms with E-state index in [2.05, 4.69) is 0 Å². The Kier molecular flexibility index (Phi) is 4.42. The molecule has 1 aromatic rings. The van der Waals surface area contributed by atoms with Crippen molar-refractivity contribution in [3.8, 4) is 0 Å². The van der Waals surface area contributed by atoms with Crippen molar-refractivity contribution in [2.75, 3.05) is 5.75 Å². The predicted octanol–water partition coefficient (Wildman–Crippen LogP) is 2.64. The fourth-order valence-electron chi connectivity index (χ4n) is 1.50. The molecule has 0 saturated heterocycles. The van der Waals surface area contributed by atoms with E-state index in [-0.39, 0.29) is 16.8 Å². The van der Waals surface area contributed by atoms with Crippen LogP contribution in [0.15, 0.2) is 18.2 Å². The standard InChI is InChI=1S/C13H18O2S/c1-9(2)16(15)8-13(14)12-6-5-10(3)7-11(12)4/h5-7,9H,8H2,1-4H3. The highest BCUT2D eigenvalue weighted by Gasteiger charge is 2.14. The van der Waals surface area contributed by atoms with Crippen molar-refractivity contribution in [2.24, 2.45) is 0 Å². The lowest BCUT2D eigenvalue weighted by molar-refractivity contribution is 0.102. The maximum atomic E-state index is 11.9. The number of aryl methyl sites for hydroxylation is 2. The average molecular weight is 238 g/mol. The number of hydrogen-bond donors (Lipinski definition) is 0. The van der Waals surface area contributed by atoms with Crippen molar-refractivity contribution in [1.29, 1.82) is 0 Å². The van der Waals surface area contributed by atoms with Crippen LogP contribution in [-0.2, 0) is 10.8 Å². The molecule has 0 spiro atoms. The number of Topliss-reactive ketones (excluding diaryl/α,β-unsaturated/α-hetero) is 1. The summed E-state index contributed by atoms with van der Waals surface area (Å²) in [6.45, 7) is 7.64. The van der Waals surface area contributed by atoms with Gasteiger partial charge in [0.2, 0.25) is 0 Å².